The van der Waals surface area contributed by atoms with Crippen molar-refractivity contribution in [2.45, 2.75) is 4.90 Å². The zero-order valence-electron chi connectivity index (χ0n) is 9.04. The lowest BCUT2D eigenvalue weighted by atomic mass is 10.4. The number of nitrogens with one attached hydrogen (secondary N) is 2. The van der Waals surface area contributed by atoms with E-state index in [0.717, 1.165) is 12.3 Å². The lowest BCUT2D eigenvalue weighted by Gasteiger charge is -2.24. The molecule has 2 rings (SSSR count). The van der Waals surface area contributed by atoms with Crippen molar-refractivity contribution in [2.24, 2.45) is 0 Å². The number of carbonyl (C=O) groups excluding carboxylic acids is 2. The van der Waals surface area contributed by atoms with Crippen LogP contribution in [0.4, 0.5) is 0 Å². The van der Waals surface area contributed by atoms with Gasteiger partial charge in [0.25, 0.3) is 0 Å². The Bertz CT molecular complexity index is 647. The minimum Gasteiger partial charge on any atom is -0.366 e. The lowest BCUT2D eigenvalue weighted by Crippen LogP contribution is -2.53. The number of rotatable bonds is 2. The molecule has 0 atom stereocenters. The zero-order valence-corrected chi connectivity index (χ0v) is 9.86. The average molecular weight is 271 g/mol. The number of hydrogen-bond acceptors (Lipinski definition) is 5. The number of sulfonamides is 1. The van der Waals surface area contributed by atoms with Crippen LogP contribution in [0, 0.1) is 0 Å². The second-order valence-corrected chi connectivity index (χ2v) is 5.52. The van der Waals surface area contributed by atoms with Crippen molar-refractivity contribution in [1.29, 1.82) is 0 Å². The highest BCUT2D eigenvalue weighted by molar-refractivity contribution is 7.89. The summed E-state index contributed by atoms with van der Waals surface area (Å²) in [5.74, 6) is -1.44. The number of aromatic amines is 1. The minimum atomic E-state index is -4.15. The second-order valence-electron chi connectivity index (χ2n) is 3.62. The van der Waals surface area contributed by atoms with Crippen LogP contribution in [0.25, 0.3) is 0 Å². The Labute approximate surface area is 102 Å². The number of piperazine rings is 1. The fourth-order valence-corrected chi connectivity index (χ4v) is 2.91. The van der Waals surface area contributed by atoms with Gasteiger partial charge in [0.2, 0.25) is 27.3 Å². The maximum atomic E-state index is 12.1. The van der Waals surface area contributed by atoms with E-state index >= 15 is 0 Å². The van der Waals surface area contributed by atoms with Crippen LogP contribution in [0.1, 0.15) is 0 Å². The predicted octanol–water partition coefficient (Wildman–Crippen LogP) is -1.98. The molecule has 1 fully saturated rings. The van der Waals surface area contributed by atoms with Crippen molar-refractivity contribution in [3.05, 3.63) is 28.7 Å². The summed E-state index contributed by atoms with van der Waals surface area (Å²) in [4.78, 5) is 35.7. The smallest absolute Gasteiger partial charge is 0.249 e. The maximum absolute atomic E-state index is 12.1. The molecule has 9 heteroatoms. The summed E-state index contributed by atoms with van der Waals surface area (Å²) in [6.45, 7) is -0.967. The van der Waals surface area contributed by atoms with Crippen LogP contribution in [0.5, 0.6) is 0 Å². The third kappa shape index (κ3) is 2.17. The summed E-state index contributed by atoms with van der Waals surface area (Å²) in [7, 11) is -4.15. The quantitative estimate of drug-likeness (QED) is 0.605. The van der Waals surface area contributed by atoms with Gasteiger partial charge in [0.1, 0.15) is 4.90 Å². The summed E-state index contributed by atoms with van der Waals surface area (Å²) in [5, 5.41) is 1.98. The number of nitrogens with zero attached hydrogens (tertiary/aromatic N) is 1. The first-order chi connectivity index (χ1) is 8.41. The molecule has 18 heavy (non-hydrogen) atoms. The number of amides is 2. The number of hydrogen-bond donors (Lipinski definition) is 2. The molecule has 1 saturated heterocycles. The molecule has 0 aromatic carbocycles. The second kappa shape index (κ2) is 4.35. The van der Waals surface area contributed by atoms with Gasteiger partial charge in [-0.05, 0) is 0 Å². The molecule has 0 unspecified atom stereocenters. The number of carbonyl (C=O) groups is 2. The molecule has 96 valence electrons. The highest BCUT2D eigenvalue weighted by Crippen LogP contribution is 2.11. The molecular weight excluding hydrogens is 262 g/mol. The highest BCUT2D eigenvalue weighted by atomic mass is 32.2. The van der Waals surface area contributed by atoms with Crippen molar-refractivity contribution in [3.63, 3.8) is 0 Å². The van der Waals surface area contributed by atoms with Crippen LogP contribution >= 0.6 is 0 Å². The number of imide groups is 1. The van der Waals surface area contributed by atoms with Crippen molar-refractivity contribution >= 4 is 21.8 Å². The van der Waals surface area contributed by atoms with Crippen LogP contribution in [-0.4, -0.2) is 42.6 Å². The number of H-pyrrole nitrogens is 1. The Kier molecular flexibility index (Phi) is 3.01. The zero-order chi connectivity index (χ0) is 13.3. The summed E-state index contributed by atoms with van der Waals surface area (Å²) in [5.41, 5.74) is -0.702. The molecular formula is C9H9N3O5S. The standard InChI is InChI=1S/C9H9N3O5S/c13-6-1-2-10-3-7(6)18(16,17)12-4-8(14)11-9(15)5-12/h1-3H,4-5H2,(H,10,13)(H,11,14,15). The van der Waals surface area contributed by atoms with Crippen LogP contribution < -0.4 is 10.7 Å². The first-order valence-electron chi connectivity index (χ1n) is 4.91. The molecule has 2 amide bonds. The largest absolute Gasteiger partial charge is 0.366 e. The van der Waals surface area contributed by atoms with E-state index < -0.39 is 45.3 Å². The van der Waals surface area contributed by atoms with Crippen LogP contribution in [0.15, 0.2) is 28.2 Å². The molecule has 2 N–H and O–H groups in total. The van der Waals surface area contributed by atoms with Crippen LogP contribution in [0.2, 0.25) is 0 Å². The lowest BCUT2D eigenvalue weighted by molar-refractivity contribution is -0.134. The third-order valence-corrected chi connectivity index (χ3v) is 4.14. The molecule has 0 saturated carbocycles. The molecule has 0 radical (unpaired) electrons. The molecule has 2 heterocycles. The fraction of sp³-hybridized carbons (Fsp3) is 0.222. The van der Waals surface area contributed by atoms with E-state index in [2.05, 4.69) is 4.98 Å². The Morgan fingerprint density at radius 2 is 1.72 bits per heavy atom. The first kappa shape index (κ1) is 12.5. The van der Waals surface area contributed by atoms with Gasteiger partial charge in [-0.15, -0.1) is 0 Å². The third-order valence-electron chi connectivity index (χ3n) is 2.32. The molecule has 1 aliphatic heterocycles. The molecule has 1 aliphatic rings. The van der Waals surface area contributed by atoms with Gasteiger partial charge in [-0.3, -0.25) is 19.7 Å². The molecule has 0 spiro atoms. The van der Waals surface area contributed by atoms with Crippen molar-refractivity contribution in [2.75, 3.05) is 13.1 Å². The van der Waals surface area contributed by atoms with Gasteiger partial charge >= 0.3 is 0 Å². The van der Waals surface area contributed by atoms with E-state index in [1.165, 1.54) is 6.20 Å². The van der Waals surface area contributed by atoms with Crippen molar-refractivity contribution in [1.82, 2.24) is 14.6 Å². The summed E-state index contributed by atoms with van der Waals surface area (Å²) in [6.07, 6.45) is 2.31. The Morgan fingerprint density at radius 1 is 1.11 bits per heavy atom. The molecule has 0 aliphatic carbocycles. The molecule has 1 aromatic rings. The number of aromatic nitrogens is 1. The van der Waals surface area contributed by atoms with E-state index in [1.807, 2.05) is 5.32 Å². The Morgan fingerprint density at radius 3 is 2.28 bits per heavy atom. The summed E-state index contributed by atoms with van der Waals surface area (Å²) < 4.78 is 24.8. The first-order valence-corrected chi connectivity index (χ1v) is 6.35. The van der Waals surface area contributed by atoms with Crippen LogP contribution in [0.3, 0.4) is 0 Å². The molecule has 8 nitrogen and oxygen atoms in total. The van der Waals surface area contributed by atoms with Gasteiger partial charge in [-0.2, -0.15) is 4.31 Å². The van der Waals surface area contributed by atoms with Crippen LogP contribution in [-0.2, 0) is 19.6 Å². The molecule has 0 bridgehead atoms. The average Bonchev–Trinajstić information content (AvgIpc) is 2.28. The van der Waals surface area contributed by atoms with Crippen molar-refractivity contribution in [3.8, 4) is 0 Å². The van der Waals surface area contributed by atoms with Gasteiger partial charge in [0, 0.05) is 18.5 Å². The summed E-state index contributed by atoms with van der Waals surface area (Å²) in [6, 6.07) is 1.05. The van der Waals surface area contributed by atoms with Gasteiger partial charge in [0.15, 0.2) is 0 Å². The SMILES string of the molecule is O=C1CN(S(=O)(=O)c2c[nH]ccc2=O)CC(=O)N1. The number of pyridine rings is 1. The minimum absolute atomic E-state index is 0.484. The van der Waals surface area contributed by atoms with E-state index in [-0.39, 0.29) is 0 Å². The van der Waals surface area contributed by atoms with E-state index in [0.29, 0.717) is 4.31 Å². The monoisotopic (exact) mass is 271 g/mol. The van der Waals surface area contributed by atoms with Crippen molar-refractivity contribution < 1.29 is 18.0 Å². The van der Waals surface area contributed by atoms with E-state index in [9.17, 15) is 22.8 Å². The van der Waals surface area contributed by atoms with Gasteiger partial charge < -0.3 is 4.98 Å². The predicted molar refractivity (Wildman–Crippen MR) is 59.0 cm³/mol. The normalized spacial score (nSPS) is 17.6. The Balaban J connectivity index is 2.44. The fourth-order valence-electron chi connectivity index (χ4n) is 1.52. The molecule has 1 aromatic heterocycles. The van der Waals surface area contributed by atoms with E-state index in [1.54, 1.807) is 0 Å². The summed E-state index contributed by atoms with van der Waals surface area (Å²) >= 11 is 0. The van der Waals surface area contributed by atoms with Gasteiger partial charge in [-0.25, -0.2) is 8.42 Å². The van der Waals surface area contributed by atoms with Gasteiger partial charge in [-0.1, -0.05) is 0 Å². The Hall–Kier alpha value is -2.00. The topological polar surface area (TPSA) is 116 Å². The maximum Gasteiger partial charge on any atom is 0.249 e. The van der Waals surface area contributed by atoms with E-state index in [4.69, 9.17) is 0 Å². The highest BCUT2D eigenvalue weighted by Gasteiger charge is 2.34. The van der Waals surface area contributed by atoms with Gasteiger partial charge in [0.05, 0.1) is 13.1 Å².